The highest BCUT2D eigenvalue weighted by atomic mass is 32.2. The first-order valence-corrected chi connectivity index (χ1v) is 6.47. The van der Waals surface area contributed by atoms with Gasteiger partial charge in [0.2, 0.25) is 5.95 Å². The van der Waals surface area contributed by atoms with E-state index in [9.17, 15) is 4.39 Å². The van der Waals surface area contributed by atoms with E-state index in [4.69, 9.17) is 5.73 Å². The van der Waals surface area contributed by atoms with E-state index in [1.54, 1.807) is 30.6 Å². The molecule has 20 heavy (non-hydrogen) atoms. The first kappa shape index (κ1) is 12.5. The van der Waals surface area contributed by atoms with Crippen molar-refractivity contribution in [1.29, 1.82) is 0 Å². The number of nitrogens with two attached hydrogens (primary N) is 1. The van der Waals surface area contributed by atoms with Gasteiger partial charge in [0.1, 0.15) is 5.82 Å². The summed E-state index contributed by atoms with van der Waals surface area (Å²) < 4.78 is 14.4. The molecule has 2 aromatic heterocycles. The zero-order chi connectivity index (χ0) is 13.9. The number of hydrogen-bond acceptors (Lipinski definition) is 6. The van der Waals surface area contributed by atoms with Crippen molar-refractivity contribution >= 4 is 17.7 Å². The molecule has 0 amide bonds. The third-order valence-corrected chi connectivity index (χ3v) is 3.23. The Balaban J connectivity index is 1.92. The van der Waals surface area contributed by atoms with Crippen molar-refractivity contribution in [2.24, 2.45) is 0 Å². The molecule has 100 valence electrons. The van der Waals surface area contributed by atoms with Gasteiger partial charge in [0.05, 0.1) is 0 Å². The van der Waals surface area contributed by atoms with Crippen molar-refractivity contribution in [3.63, 3.8) is 0 Å². The Morgan fingerprint density at radius 2 is 1.90 bits per heavy atom. The van der Waals surface area contributed by atoms with Crippen LogP contribution in [0.2, 0.25) is 0 Å². The van der Waals surface area contributed by atoms with E-state index >= 15 is 0 Å². The minimum absolute atomic E-state index is 0.107. The van der Waals surface area contributed by atoms with E-state index in [0.717, 1.165) is 4.90 Å². The lowest BCUT2D eigenvalue weighted by atomic mass is 10.4. The second kappa shape index (κ2) is 5.25. The number of rotatable bonds is 3. The van der Waals surface area contributed by atoms with Crippen LogP contribution in [-0.4, -0.2) is 24.7 Å². The molecule has 3 aromatic rings. The monoisotopic (exact) mass is 288 g/mol. The van der Waals surface area contributed by atoms with Gasteiger partial charge >= 0.3 is 0 Å². The molecule has 0 unspecified atom stereocenters. The summed E-state index contributed by atoms with van der Waals surface area (Å²) in [6.45, 7) is 0. The van der Waals surface area contributed by atoms with Gasteiger partial charge in [0, 0.05) is 17.3 Å². The summed E-state index contributed by atoms with van der Waals surface area (Å²) in [4.78, 5) is 13.1. The maximum Gasteiger partial charge on any atom is 0.256 e. The SMILES string of the molecule is Nc1nc(Sc2ccc(F)cc2)nc(-n2cccn2)n1. The Morgan fingerprint density at radius 1 is 1.10 bits per heavy atom. The molecule has 0 atom stereocenters. The molecule has 3 rings (SSSR count). The topological polar surface area (TPSA) is 82.5 Å². The number of anilines is 1. The van der Waals surface area contributed by atoms with E-state index in [-0.39, 0.29) is 11.8 Å². The lowest BCUT2D eigenvalue weighted by molar-refractivity contribution is 0.626. The Kier molecular flexibility index (Phi) is 3.30. The fraction of sp³-hybridized carbons (Fsp3) is 0. The van der Waals surface area contributed by atoms with Crippen molar-refractivity contribution in [1.82, 2.24) is 24.7 Å². The van der Waals surface area contributed by atoms with Crippen molar-refractivity contribution in [3.05, 3.63) is 48.5 Å². The molecular formula is C12H9FN6S. The summed E-state index contributed by atoms with van der Waals surface area (Å²) in [6.07, 6.45) is 3.33. The van der Waals surface area contributed by atoms with E-state index in [1.807, 2.05) is 0 Å². The summed E-state index contributed by atoms with van der Waals surface area (Å²) in [5.74, 6) is 0.156. The van der Waals surface area contributed by atoms with Crippen LogP contribution in [0.15, 0.2) is 52.8 Å². The minimum Gasteiger partial charge on any atom is -0.368 e. The minimum atomic E-state index is -0.290. The predicted molar refractivity (Wildman–Crippen MR) is 71.9 cm³/mol. The second-order valence-electron chi connectivity index (χ2n) is 3.78. The molecule has 6 nitrogen and oxygen atoms in total. The average molecular weight is 288 g/mol. The maximum atomic E-state index is 12.9. The highest BCUT2D eigenvalue weighted by molar-refractivity contribution is 7.99. The molecule has 2 heterocycles. The summed E-state index contributed by atoms with van der Waals surface area (Å²) in [6, 6.07) is 7.80. The highest BCUT2D eigenvalue weighted by Gasteiger charge is 2.08. The van der Waals surface area contributed by atoms with E-state index in [0.29, 0.717) is 11.1 Å². The van der Waals surface area contributed by atoms with Crippen LogP contribution < -0.4 is 5.73 Å². The van der Waals surface area contributed by atoms with Crippen LogP contribution in [0, 0.1) is 5.82 Å². The van der Waals surface area contributed by atoms with Gasteiger partial charge in [0.15, 0.2) is 5.16 Å². The van der Waals surface area contributed by atoms with Crippen LogP contribution in [0.25, 0.3) is 5.95 Å². The molecule has 2 N–H and O–H groups in total. The molecule has 0 spiro atoms. The molecule has 0 fully saturated rings. The quantitative estimate of drug-likeness (QED) is 0.793. The molecule has 0 aliphatic rings. The highest BCUT2D eigenvalue weighted by Crippen LogP contribution is 2.25. The molecule has 0 saturated heterocycles. The van der Waals surface area contributed by atoms with Crippen molar-refractivity contribution in [2.75, 3.05) is 5.73 Å². The van der Waals surface area contributed by atoms with Crippen molar-refractivity contribution < 1.29 is 4.39 Å². The number of nitrogen functional groups attached to an aromatic ring is 1. The second-order valence-corrected chi connectivity index (χ2v) is 4.82. The Bertz CT molecular complexity index is 713. The van der Waals surface area contributed by atoms with Gasteiger partial charge in [-0.15, -0.1) is 0 Å². The fourth-order valence-corrected chi connectivity index (χ4v) is 2.25. The van der Waals surface area contributed by atoms with Gasteiger partial charge in [-0.25, -0.2) is 9.07 Å². The summed E-state index contributed by atoms with van der Waals surface area (Å²) in [5.41, 5.74) is 5.67. The van der Waals surface area contributed by atoms with E-state index < -0.39 is 0 Å². The first-order chi connectivity index (χ1) is 9.70. The third kappa shape index (κ3) is 2.75. The summed E-state index contributed by atoms with van der Waals surface area (Å²) >= 11 is 1.27. The summed E-state index contributed by atoms with van der Waals surface area (Å²) in [5, 5.41) is 4.46. The molecule has 0 aliphatic heterocycles. The van der Waals surface area contributed by atoms with Crippen LogP contribution in [0.3, 0.4) is 0 Å². The molecule has 0 saturated carbocycles. The van der Waals surface area contributed by atoms with E-state index in [2.05, 4.69) is 20.1 Å². The third-order valence-electron chi connectivity index (χ3n) is 2.35. The molecule has 8 heteroatoms. The van der Waals surface area contributed by atoms with Crippen LogP contribution in [0.5, 0.6) is 0 Å². The van der Waals surface area contributed by atoms with Crippen molar-refractivity contribution in [2.45, 2.75) is 10.1 Å². The molecule has 0 bridgehead atoms. The van der Waals surface area contributed by atoms with Crippen molar-refractivity contribution in [3.8, 4) is 5.95 Å². The average Bonchev–Trinajstić information content (AvgIpc) is 2.95. The van der Waals surface area contributed by atoms with E-state index in [1.165, 1.54) is 28.6 Å². The lowest BCUT2D eigenvalue weighted by Crippen LogP contribution is -2.07. The lowest BCUT2D eigenvalue weighted by Gasteiger charge is -2.04. The standard InChI is InChI=1S/C12H9FN6S/c13-8-2-4-9(5-3-8)20-12-17-10(14)16-11(18-12)19-7-1-6-15-19/h1-7H,(H2,14,16,17,18). The summed E-state index contributed by atoms with van der Waals surface area (Å²) in [7, 11) is 0. The Morgan fingerprint density at radius 3 is 2.60 bits per heavy atom. The molecule has 1 aromatic carbocycles. The fourth-order valence-electron chi connectivity index (χ4n) is 1.50. The molecule has 0 aliphatic carbocycles. The van der Waals surface area contributed by atoms with Gasteiger partial charge < -0.3 is 5.73 Å². The molecule has 0 radical (unpaired) electrons. The number of halogens is 1. The van der Waals surface area contributed by atoms with Crippen LogP contribution in [0.1, 0.15) is 0 Å². The number of aromatic nitrogens is 5. The van der Waals surface area contributed by atoms with Gasteiger partial charge in [-0.05, 0) is 42.1 Å². The number of benzene rings is 1. The van der Waals surface area contributed by atoms with Gasteiger partial charge in [-0.1, -0.05) is 0 Å². The van der Waals surface area contributed by atoms with Gasteiger partial charge in [-0.3, -0.25) is 0 Å². The zero-order valence-electron chi connectivity index (χ0n) is 10.1. The first-order valence-electron chi connectivity index (χ1n) is 5.66. The van der Waals surface area contributed by atoms with Gasteiger partial charge in [0.25, 0.3) is 5.95 Å². The Hall–Kier alpha value is -2.48. The Labute approximate surface area is 117 Å². The number of nitrogens with zero attached hydrogens (tertiary/aromatic N) is 5. The maximum absolute atomic E-state index is 12.9. The predicted octanol–water partition coefficient (Wildman–Crippen LogP) is 1.93. The zero-order valence-corrected chi connectivity index (χ0v) is 11.0. The van der Waals surface area contributed by atoms with Gasteiger partial charge in [-0.2, -0.15) is 20.1 Å². The largest absolute Gasteiger partial charge is 0.368 e. The number of hydrogen-bond donors (Lipinski definition) is 1. The molecular weight excluding hydrogens is 279 g/mol. The van der Waals surface area contributed by atoms with Crippen LogP contribution >= 0.6 is 11.8 Å². The van der Waals surface area contributed by atoms with Crippen LogP contribution in [-0.2, 0) is 0 Å². The smallest absolute Gasteiger partial charge is 0.256 e. The normalized spacial score (nSPS) is 10.7. The van der Waals surface area contributed by atoms with Crippen LogP contribution in [0.4, 0.5) is 10.3 Å².